The zero-order chi connectivity index (χ0) is 26.0. The number of hydrogen-bond donors (Lipinski definition) is 0. The third-order valence-electron chi connectivity index (χ3n) is 5.51. The number of halogens is 3. The maximum Gasteiger partial charge on any atom is 0.315 e. The first-order valence-electron chi connectivity index (χ1n) is 11.3. The SMILES string of the molecule is CC(C)(C)OC(=O)CCc1ncc(-c2ccc([C@H]3OC(C)(C)N(C(=O)C(F)F)[C@@H]3CF)cc2)cn1. The van der Waals surface area contributed by atoms with Gasteiger partial charge in [0.05, 0.1) is 12.5 Å². The number of alkyl halides is 3. The van der Waals surface area contributed by atoms with E-state index in [1.54, 1.807) is 57.4 Å². The molecule has 1 saturated heterocycles. The summed E-state index contributed by atoms with van der Waals surface area (Å²) in [7, 11) is 0. The number of aromatic nitrogens is 2. The quantitative estimate of drug-likeness (QED) is 0.522. The van der Waals surface area contributed by atoms with Crippen molar-refractivity contribution in [3.05, 3.63) is 48.0 Å². The molecular formula is C25H30F3N3O4. The monoisotopic (exact) mass is 493 g/mol. The van der Waals surface area contributed by atoms with E-state index >= 15 is 0 Å². The lowest BCUT2D eigenvalue weighted by atomic mass is 9.99. The molecule has 35 heavy (non-hydrogen) atoms. The minimum atomic E-state index is -3.25. The summed E-state index contributed by atoms with van der Waals surface area (Å²) >= 11 is 0. The van der Waals surface area contributed by atoms with E-state index in [1.807, 2.05) is 0 Å². The lowest BCUT2D eigenvalue weighted by Crippen LogP contribution is -2.51. The molecular weight excluding hydrogens is 463 g/mol. The van der Waals surface area contributed by atoms with Crippen LogP contribution in [0.2, 0.25) is 0 Å². The third-order valence-corrected chi connectivity index (χ3v) is 5.51. The number of amides is 1. The van der Waals surface area contributed by atoms with Gasteiger partial charge in [-0.25, -0.2) is 14.4 Å². The predicted octanol–water partition coefficient (Wildman–Crippen LogP) is 4.66. The highest BCUT2D eigenvalue weighted by molar-refractivity contribution is 5.80. The summed E-state index contributed by atoms with van der Waals surface area (Å²) in [5.41, 5.74) is 0.137. The first-order valence-corrected chi connectivity index (χ1v) is 11.3. The number of ether oxygens (including phenoxy) is 2. The fraction of sp³-hybridized carbons (Fsp3) is 0.520. The average Bonchev–Trinajstić information content (AvgIpc) is 3.06. The Bertz CT molecular complexity index is 1040. The molecule has 3 rings (SSSR count). The number of hydrogen-bond acceptors (Lipinski definition) is 6. The van der Waals surface area contributed by atoms with Crippen molar-refractivity contribution in [2.45, 2.75) is 77.4 Å². The van der Waals surface area contributed by atoms with Crippen LogP contribution < -0.4 is 0 Å². The molecule has 1 aliphatic heterocycles. The van der Waals surface area contributed by atoms with E-state index in [0.29, 0.717) is 17.8 Å². The Hall–Kier alpha value is -3.01. The van der Waals surface area contributed by atoms with Crippen molar-refractivity contribution in [3.8, 4) is 11.1 Å². The highest BCUT2D eigenvalue weighted by atomic mass is 19.3. The number of benzene rings is 1. The average molecular weight is 494 g/mol. The highest BCUT2D eigenvalue weighted by Gasteiger charge is 2.52. The Morgan fingerprint density at radius 3 is 2.23 bits per heavy atom. The van der Waals surface area contributed by atoms with Gasteiger partial charge in [0.25, 0.3) is 5.91 Å². The van der Waals surface area contributed by atoms with Crippen molar-refractivity contribution in [2.75, 3.05) is 6.67 Å². The van der Waals surface area contributed by atoms with Crippen molar-refractivity contribution in [3.63, 3.8) is 0 Å². The van der Waals surface area contributed by atoms with Crippen LogP contribution in [0.25, 0.3) is 11.1 Å². The summed E-state index contributed by atoms with van der Waals surface area (Å²) in [6, 6.07) is 5.76. The van der Waals surface area contributed by atoms with E-state index in [0.717, 1.165) is 16.0 Å². The number of aryl methyl sites for hydroxylation is 1. The lowest BCUT2D eigenvalue weighted by molar-refractivity contribution is -0.159. The summed E-state index contributed by atoms with van der Waals surface area (Å²) in [4.78, 5) is 33.3. The molecule has 1 aromatic heterocycles. The molecule has 1 aliphatic rings. The molecule has 0 radical (unpaired) electrons. The van der Waals surface area contributed by atoms with E-state index < -0.39 is 42.5 Å². The largest absolute Gasteiger partial charge is 0.460 e. The number of carbonyl (C=O) groups excluding carboxylic acids is 2. The first-order chi connectivity index (χ1) is 16.3. The standard InChI is InChI=1S/C25H30F3N3O4/c1-24(2,3)34-20(32)11-10-19-29-13-17(14-30-19)15-6-8-16(9-7-15)21-18(12-26)31(23(33)22(27)28)25(4,5)35-21/h6-9,13-14,18,21-22H,10-12H2,1-5H3/t18-,21-/m1/s1. The molecule has 0 aliphatic carbocycles. The molecule has 0 unspecified atom stereocenters. The molecule has 0 N–H and O–H groups in total. The van der Waals surface area contributed by atoms with Crippen molar-refractivity contribution in [1.82, 2.24) is 14.9 Å². The van der Waals surface area contributed by atoms with E-state index in [1.165, 1.54) is 13.8 Å². The second-order valence-electron chi connectivity index (χ2n) is 9.81. The van der Waals surface area contributed by atoms with Crippen LogP contribution in [0.4, 0.5) is 13.2 Å². The molecule has 1 aromatic carbocycles. The summed E-state index contributed by atoms with van der Waals surface area (Å²) in [6.45, 7) is 7.32. The van der Waals surface area contributed by atoms with Gasteiger partial charge in [-0.2, -0.15) is 8.78 Å². The molecule has 7 nitrogen and oxygen atoms in total. The summed E-state index contributed by atoms with van der Waals surface area (Å²) in [5.74, 6) is -1.27. The first kappa shape index (κ1) is 26.6. The molecule has 0 bridgehead atoms. The number of nitrogens with zero attached hydrogens (tertiary/aromatic N) is 3. The van der Waals surface area contributed by atoms with Crippen LogP contribution in [0.5, 0.6) is 0 Å². The Balaban J connectivity index is 1.70. The van der Waals surface area contributed by atoms with E-state index in [2.05, 4.69) is 9.97 Å². The number of esters is 1. The van der Waals surface area contributed by atoms with Gasteiger partial charge in [0, 0.05) is 24.4 Å². The molecule has 190 valence electrons. The molecule has 0 saturated carbocycles. The van der Waals surface area contributed by atoms with Gasteiger partial charge in [0.15, 0.2) is 0 Å². The second-order valence-corrected chi connectivity index (χ2v) is 9.81. The fourth-order valence-electron chi connectivity index (χ4n) is 4.06. The fourth-order valence-corrected chi connectivity index (χ4v) is 4.06. The Morgan fingerprint density at radius 1 is 1.11 bits per heavy atom. The predicted molar refractivity (Wildman–Crippen MR) is 122 cm³/mol. The molecule has 0 spiro atoms. The minimum absolute atomic E-state index is 0.171. The molecule has 1 fully saturated rings. The smallest absolute Gasteiger partial charge is 0.315 e. The molecule has 2 aromatic rings. The molecule has 1 amide bonds. The summed E-state index contributed by atoms with van der Waals surface area (Å²) in [6.07, 6.45) is -0.353. The van der Waals surface area contributed by atoms with Crippen LogP contribution >= 0.6 is 0 Å². The molecule has 2 atom stereocenters. The van der Waals surface area contributed by atoms with Gasteiger partial charge in [-0.15, -0.1) is 0 Å². The maximum atomic E-state index is 13.9. The normalized spacial score (nSPS) is 19.7. The van der Waals surface area contributed by atoms with Gasteiger partial charge in [-0.3, -0.25) is 9.59 Å². The van der Waals surface area contributed by atoms with Crippen LogP contribution in [0.3, 0.4) is 0 Å². The zero-order valence-corrected chi connectivity index (χ0v) is 20.4. The van der Waals surface area contributed by atoms with Gasteiger partial charge in [-0.05, 0) is 45.7 Å². The Kier molecular flexibility index (Phi) is 7.83. The minimum Gasteiger partial charge on any atom is -0.460 e. The van der Waals surface area contributed by atoms with Crippen molar-refractivity contribution in [1.29, 1.82) is 0 Å². The summed E-state index contributed by atoms with van der Waals surface area (Å²) in [5, 5.41) is 0. The van der Waals surface area contributed by atoms with Gasteiger partial charge in [0.1, 0.15) is 29.9 Å². The molecule has 2 heterocycles. The van der Waals surface area contributed by atoms with E-state index in [-0.39, 0.29) is 12.4 Å². The van der Waals surface area contributed by atoms with Gasteiger partial charge < -0.3 is 14.4 Å². The Labute approximate surface area is 202 Å². The van der Waals surface area contributed by atoms with Crippen molar-refractivity contribution >= 4 is 11.9 Å². The van der Waals surface area contributed by atoms with Crippen LogP contribution in [0.1, 0.15) is 58.5 Å². The molecule has 10 heteroatoms. The van der Waals surface area contributed by atoms with Crippen LogP contribution in [0.15, 0.2) is 36.7 Å². The van der Waals surface area contributed by atoms with Crippen LogP contribution in [-0.4, -0.2) is 57.2 Å². The lowest BCUT2D eigenvalue weighted by Gasteiger charge is -2.32. The zero-order valence-electron chi connectivity index (χ0n) is 20.4. The summed E-state index contributed by atoms with van der Waals surface area (Å²) < 4.78 is 51.1. The third kappa shape index (κ3) is 6.36. The van der Waals surface area contributed by atoms with Crippen molar-refractivity contribution in [2.24, 2.45) is 0 Å². The van der Waals surface area contributed by atoms with Crippen molar-refractivity contribution < 1.29 is 32.2 Å². The van der Waals surface area contributed by atoms with E-state index in [4.69, 9.17) is 9.47 Å². The number of rotatable bonds is 7. The highest BCUT2D eigenvalue weighted by Crippen LogP contribution is 2.42. The Morgan fingerprint density at radius 2 is 1.71 bits per heavy atom. The van der Waals surface area contributed by atoms with Crippen LogP contribution in [0, 0.1) is 0 Å². The maximum absolute atomic E-state index is 13.9. The van der Waals surface area contributed by atoms with Gasteiger partial charge in [-0.1, -0.05) is 24.3 Å². The van der Waals surface area contributed by atoms with Gasteiger partial charge in [0.2, 0.25) is 0 Å². The topological polar surface area (TPSA) is 81.6 Å². The number of carbonyl (C=O) groups is 2. The second kappa shape index (κ2) is 10.3. The van der Waals surface area contributed by atoms with E-state index in [9.17, 15) is 22.8 Å². The van der Waals surface area contributed by atoms with Gasteiger partial charge >= 0.3 is 12.4 Å². The van der Waals surface area contributed by atoms with Crippen LogP contribution in [-0.2, 0) is 25.5 Å².